The van der Waals surface area contributed by atoms with Crippen molar-refractivity contribution in [2.75, 3.05) is 19.9 Å². The molecule has 0 aromatic heterocycles. The van der Waals surface area contributed by atoms with E-state index >= 15 is 0 Å². The Hall–Kier alpha value is -2.28. The van der Waals surface area contributed by atoms with Crippen LogP contribution in [0.1, 0.15) is 32.1 Å². The van der Waals surface area contributed by atoms with Crippen molar-refractivity contribution in [3.8, 4) is 17.2 Å². The van der Waals surface area contributed by atoms with E-state index in [-0.39, 0.29) is 38.2 Å². The Kier molecular flexibility index (Phi) is 4.03. The number of β-amino-alcohol motifs (C(OH)–C–C–N with tert-alkyl or cyclic N) is 1. The highest BCUT2D eigenvalue weighted by Gasteiger charge is 2.52. The lowest BCUT2D eigenvalue weighted by Gasteiger charge is -2.23. The highest BCUT2D eigenvalue weighted by molar-refractivity contribution is 6.06. The summed E-state index contributed by atoms with van der Waals surface area (Å²) in [5.74, 6) is 1.48. The Bertz CT molecular complexity index is 697. The van der Waals surface area contributed by atoms with Crippen LogP contribution in [0.5, 0.6) is 17.2 Å². The van der Waals surface area contributed by atoms with Gasteiger partial charge in [0, 0.05) is 12.5 Å². The van der Waals surface area contributed by atoms with E-state index in [4.69, 9.17) is 14.2 Å². The van der Waals surface area contributed by atoms with Crippen molar-refractivity contribution in [3.05, 3.63) is 18.2 Å². The highest BCUT2D eigenvalue weighted by Crippen LogP contribution is 2.46. The number of benzene rings is 1. The third-order valence-corrected chi connectivity index (χ3v) is 5.23. The molecule has 1 N–H and O–H groups in total. The smallest absolute Gasteiger partial charge is 0.235 e. The Balaban J connectivity index is 1.34. The molecule has 1 atom stereocenters. The topological polar surface area (TPSA) is 85.3 Å². The molecule has 2 fully saturated rings. The van der Waals surface area contributed by atoms with Crippen molar-refractivity contribution in [1.29, 1.82) is 0 Å². The first kappa shape index (κ1) is 16.2. The Morgan fingerprint density at radius 1 is 1.20 bits per heavy atom. The summed E-state index contributed by atoms with van der Waals surface area (Å²) in [7, 11) is 0. The lowest BCUT2D eigenvalue weighted by molar-refractivity contribution is -0.143. The minimum Gasteiger partial charge on any atom is -0.491 e. The van der Waals surface area contributed by atoms with E-state index in [0.717, 1.165) is 25.7 Å². The van der Waals surface area contributed by atoms with Gasteiger partial charge in [-0.1, -0.05) is 12.8 Å². The number of hydrogen-bond donors (Lipinski definition) is 1. The van der Waals surface area contributed by atoms with Gasteiger partial charge >= 0.3 is 0 Å². The molecule has 134 valence electrons. The molecule has 0 unspecified atom stereocenters. The maximum Gasteiger partial charge on any atom is 0.235 e. The van der Waals surface area contributed by atoms with Crippen LogP contribution in [0.4, 0.5) is 0 Å². The molecular weight excluding hydrogens is 326 g/mol. The van der Waals surface area contributed by atoms with Gasteiger partial charge < -0.3 is 19.3 Å². The van der Waals surface area contributed by atoms with Gasteiger partial charge in [0.25, 0.3) is 0 Å². The van der Waals surface area contributed by atoms with Crippen LogP contribution < -0.4 is 14.2 Å². The second kappa shape index (κ2) is 6.22. The van der Waals surface area contributed by atoms with Crippen LogP contribution in [-0.4, -0.2) is 47.9 Å². The Morgan fingerprint density at radius 2 is 1.96 bits per heavy atom. The summed E-state index contributed by atoms with van der Waals surface area (Å²) >= 11 is 0. The first-order valence-electron chi connectivity index (χ1n) is 8.63. The molecule has 1 spiro atoms. The Morgan fingerprint density at radius 3 is 2.76 bits per heavy atom. The van der Waals surface area contributed by atoms with Crippen molar-refractivity contribution < 1.29 is 28.9 Å². The molecule has 4 rings (SSSR count). The maximum absolute atomic E-state index is 12.6. The molecule has 1 aromatic carbocycles. The van der Waals surface area contributed by atoms with Gasteiger partial charge in [0.05, 0.1) is 12.0 Å². The van der Waals surface area contributed by atoms with E-state index in [1.165, 1.54) is 4.90 Å². The highest BCUT2D eigenvalue weighted by atomic mass is 16.7. The molecular formula is C18H21NO6. The molecule has 2 amide bonds. The first-order chi connectivity index (χ1) is 12.1. The number of nitrogens with zero attached hydrogens (tertiary/aromatic N) is 1. The minimum absolute atomic E-state index is 0.0102. The number of carbonyl (C=O) groups excluding carboxylic acids is 2. The number of carbonyl (C=O) groups is 2. The number of amides is 2. The quantitative estimate of drug-likeness (QED) is 0.812. The fourth-order valence-electron chi connectivity index (χ4n) is 3.91. The van der Waals surface area contributed by atoms with E-state index in [1.807, 2.05) is 0 Å². The molecule has 2 aliphatic heterocycles. The summed E-state index contributed by atoms with van der Waals surface area (Å²) in [5, 5.41) is 10.2. The van der Waals surface area contributed by atoms with Gasteiger partial charge in [-0.15, -0.1) is 0 Å². The van der Waals surface area contributed by atoms with Crippen molar-refractivity contribution in [1.82, 2.24) is 4.90 Å². The number of likely N-dealkylation sites (tertiary alicyclic amines) is 1. The van der Waals surface area contributed by atoms with E-state index in [1.54, 1.807) is 18.2 Å². The monoisotopic (exact) mass is 347 g/mol. The number of aliphatic hydroxyl groups excluding tert-OH is 1. The number of aliphatic hydroxyl groups is 1. The second-order valence-electron chi connectivity index (χ2n) is 6.95. The lowest BCUT2D eigenvalue weighted by atomic mass is 9.84. The van der Waals surface area contributed by atoms with Crippen molar-refractivity contribution in [2.45, 2.75) is 38.2 Å². The summed E-state index contributed by atoms with van der Waals surface area (Å²) < 4.78 is 16.1. The van der Waals surface area contributed by atoms with Gasteiger partial charge in [0.2, 0.25) is 18.6 Å². The SMILES string of the molecule is O=C1CC2(CCCC2)C(=O)N1C[C@@H](O)COc1ccc2c(c1)OCO2. The van der Waals surface area contributed by atoms with Gasteiger partial charge in [-0.2, -0.15) is 0 Å². The summed E-state index contributed by atoms with van der Waals surface area (Å²) in [6, 6.07) is 5.15. The van der Waals surface area contributed by atoms with Gasteiger partial charge in [-0.3, -0.25) is 14.5 Å². The van der Waals surface area contributed by atoms with Crippen LogP contribution in [0.2, 0.25) is 0 Å². The van der Waals surface area contributed by atoms with Crippen LogP contribution in [-0.2, 0) is 9.59 Å². The number of hydrogen-bond acceptors (Lipinski definition) is 6. The predicted molar refractivity (Wildman–Crippen MR) is 86.3 cm³/mol. The molecule has 25 heavy (non-hydrogen) atoms. The number of imide groups is 1. The van der Waals surface area contributed by atoms with Gasteiger partial charge in [-0.05, 0) is 25.0 Å². The van der Waals surface area contributed by atoms with Crippen LogP contribution in [0.15, 0.2) is 18.2 Å². The standard InChI is InChI=1S/C18H21NO6/c20-12(10-23-13-3-4-14-15(7-13)25-11-24-14)9-19-16(21)8-18(17(19)22)5-1-2-6-18/h3-4,7,12,20H,1-2,5-6,8-11H2/t12-/m1/s1. The van der Waals surface area contributed by atoms with Crippen LogP contribution in [0.3, 0.4) is 0 Å². The average molecular weight is 347 g/mol. The van der Waals surface area contributed by atoms with E-state index in [0.29, 0.717) is 17.2 Å². The van der Waals surface area contributed by atoms with Crippen molar-refractivity contribution in [3.63, 3.8) is 0 Å². The summed E-state index contributed by atoms with van der Waals surface area (Å²) in [6.07, 6.45) is 2.87. The summed E-state index contributed by atoms with van der Waals surface area (Å²) in [4.78, 5) is 26.0. The fraction of sp³-hybridized carbons (Fsp3) is 0.556. The maximum atomic E-state index is 12.6. The molecule has 7 heteroatoms. The van der Waals surface area contributed by atoms with E-state index in [9.17, 15) is 14.7 Å². The molecule has 1 aliphatic carbocycles. The van der Waals surface area contributed by atoms with Crippen LogP contribution in [0.25, 0.3) is 0 Å². The van der Waals surface area contributed by atoms with E-state index < -0.39 is 11.5 Å². The fourth-order valence-corrected chi connectivity index (χ4v) is 3.91. The molecule has 2 heterocycles. The van der Waals surface area contributed by atoms with Crippen molar-refractivity contribution in [2.24, 2.45) is 5.41 Å². The molecule has 1 saturated heterocycles. The molecule has 3 aliphatic rings. The first-order valence-corrected chi connectivity index (χ1v) is 8.63. The lowest BCUT2D eigenvalue weighted by Crippen LogP contribution is -2.41. The number of rotatable bonds is 5. The predicted octanol–water partition coefficient (Wildman–Crippen LogP) is 1.47. The number of ether oxygens (including phenoxy) is 3. The minimum atomic E-state index is -0.935. The summed E-state index contributed by atoms with van der Waals surface area (Å²) in [5.41, 5.74) is -0.505. The van der Waals surface area contributed by atoms with Crippen LogP contribution >= 0.6 is 0 Å². The van der Waals surface area contributed by atoms with Gasteiger partial charge in [0.1, 0.15) is 18.5 Å². The molecule has 1 saturated carbocycles. The largest absolute Gasteiger partial charge is 0.491 e. The molecule has 7 nitrogen and oxygen atoms in total. The summed E-state index contributed by atoms with van der Waals surface area (Å²) in [6.45, 7) is 0.149. The third kappa shape index (κ3) is 2.93. The molecule has 0 radical (unpaired) electrons. The molecule has 0 bridgehead atoms. The van der Waals surface area contributed by atoms with Gasteiger partial charge in [0.15, 0.2) is 11.5 Å². The van der Waals surface area contributed by atoms with Crippen molar-refractivity contribution >= 4 is 11.8 Å². The zero-order valence-electron chi connectivity index (χ0n) is 13.9. The normalized spacial score (nSPS) is 22.0. The second-order valence-corrected chi connectivity index (χ2v) is 6.95. The average Bonchev–Trinajstić information content (AvgIpc) is 3.30. The zero-order chi connectivity index (χ0) is 17.4. The van der Waals surface area contributed by atoms with Gasteiger partial charge in [-0.25, -0.2) is 0 Å². The molecule has 1 aromatic rings. The third-order valence-electron chi connectivity index (χ3n) is 5.23. The zero-order valence-corrected chi connectivity index (χ0v) is 13.9. The Labute approximate surface area is 145 Å². The van der Waals surface area contributed by atoms with E-state index in [2.05, 4.69) is 0 Å². The number of fused-ring (bicyclic) bond motifs is 1. The van der Waals surface area contributed by atoms with Crippen LogP contribution in [0, 0.1) is 5.41 Å².